The van der Waals surface area contributed by atoms with Crippen LogP contribution in [-0.2, 0) is 0 Å². The summed E-state index contributed by atoms with van der Waals surface area (Å²) in [5.74, 6) is 0. The third kappa shape index (κ3) is 3.35. The van der Waals surface area contributed by atoms with Gasteiger partial charge in [0.25, 0.3) is 0 Å². The summed E-state index contributed by atoms with van der Waals surface area (Å²) in [4.78, 5) is 0. The van der Waals surface area contributed by atoms with Crippen LogP contribution in [0.15, 0.2) is 164 Å². The minimum absolute atomic E-state index is 1.14. The molecule has 3 heteroatoms. The van der Waals surface area contributed by atoms with Crippen molar-refractivity contribution < 1.29 is 0 Å². The molecule has 0 bridgehead atoms. The summed E-state index contributed by atoms with van der Waals surface area (Å²) >= 11 is 0. The number of nitrogens with zero attached hydrogens (tertiary/aromatic N) is 3. The van der Waals surface area contributed by atoms with Gasteiger partial charge in [-0.2, -0.15) is 0 Å². The Labute approximate surface area is 259 Å². The van der Waals surface area contributed by atoms with E-state index in [0.29, 0.717) is 0 Å². The van der Waals surface area contributed by atoms with E-state index >= 15 is 0 Å². The molecule has 0 saturated carbocycles. The van der Waals surface area contributed by atoms with Crippen LogP contribution in [0.1, 0.15) is 0 Å². The van der Waals surface area contributed by atoms with Crippen molar-refractivity contribution in [2.24, 2.45) is 0 Å². The van der Waals surface area contributed by atoms with Gasteiger partial charge in [0, 0.05) is 49.4 Å². The van der Waals surface area contributed by atoms with Gasteiger partial charge in [0.15, 0.2) is 0 Å². The second-order valence-electron chi connectivity index (χ2n) is 11.8. The molecule has 0 spiro atoms. The van der Waals surface area contributed by atoms with E-state index in [1.165, 1.54) is 71.1 Å². The van der Waals surface area contributed by atoms with E-state index < -0.39 is 0 Å². The monoisotopic (exact) mass is 573 g/mol. The quantitative estimate of drug-likeness (QED) is 0.200. The number of hydrogen-bond acceptors (Lipinski definition) is 0. The number of aromatic nitrogens is 3. The normalized spacial score (nSPS) is 12.0. The largest absolute Gasteiger partial charge is 0.309 e. The molecule has 0 aliphatic rings. The van der Waals surface area contributed by atoms with Crippen LogP contribution >= 0.6 is 0 Å². The molecular formula is C42H27N3. The van der Waals surface area contributed by atoms with Gasteiger partial charge >= 0.3 is 0 Å². The fourth-order valence-electron chi connectivity index (χ4n) is 7.60. The minimum atomic E-state index is 1.14. The zero-order valence-corrected chi connectivity index (χ0v) is 24.4. The van der Waals surface area contributed by atoms with Crippen LogP contribution in [0.2, 0.25) is 0 Å². The van der Waals surface area contributed by atoms with Gasteiger partial charge in [-0.15, -0.1) is 0 Å². The highest BCUT2D eigenvalue weighted by Gasteiger charge is 2.21. The highest BCUT2D eigenvalue weighted by Crippen LogP contribution is 2.42. The van der Waals surface area contributed by atoms with E-state index in [1.54, 1.807) is 0 Å². The SMILES string of the molecule is c1ccc(-n2c3ccccc3c3c2ccc2c4ccccc4n(-c4cccc(-n5c6ccccc6c6ccccc65)c4)c23)cc1. The molecule has 0 amide bonds. The van der Waals surface area contributed by atoms with E-state index in [4.69, 9.17) is 0 Å². The van der Waals surface area contributed by atoms with E-state index in [2.05, 4.69) is 177 Å². The van der Waals surface area contributed by atoms with Gasteiger partial charge in [-0.25, -0.2) is 0 Å². The smallest absolute Gasteiger partial charge is 0.0641 e. The van der Waals surface area contributed by atoms with E-state index in [0.717, 1.165) is 11.4 Å². The Morgan fingerprint density at radius 2 is 0.711 bits per heavy atom. The maximum atomic E-state index is 2.48. The molecule has 0 atom stereocenters. The molecule has 10 aromatic rings. The number of fused-ring (bicyclic) bond motifs is 10. The third-order valence-electron chi connectivity index (χ3n) is 9.41. The predicted molar refractivity (Wildman–Crippen MR) is 189 cm³/mol. The van der Waals surface area contributed by atoms with Gasteiger partial charge < -0.3 is 13.7 Å². The lowest BCUT2D eigenvalue weighted by Gasteiger charge is -2.13. The lowest BCUT2D eigenvalue weighted by atomic mass is 10.1. The van der Waals surface area contributed by atoms with E-state index in [9.17, 15) is 0 Å². The molecule has 0 radical (unpaired) electrons. The molecular weight excluding hydrogens is 546 g/mol. The maximum absolute atomic E-state index is 2.48. The van der Waals surface area contributed by atoms with Crippen LogP contribution in [0.4, 0.5) is 0 Å². The van der Waals surface area contributed by atoms with Gasteiger partial charge in [-0.3, -0.25) is 0 Å². The molecule has 0 aliphatic carbocycles. The summed E-state index contributed by atoms with van der Waals surface area (Å²) < 4.78 is 7.28. The van der Waals surface area contributed by atoms with Crippen molar-refractivity contribution >= 4 is 65.4 Å². The fourth-order valence-corrected chi connectivity index (χ4v) is 7.60. The summed E-state index contributed by atoms with van der Waals surface area (Å²) in [5, 5.41) is 7.58. The van der Waals surface area contributed by atoms with Gasteiger partial charge in [-0.05, 0) is 60.7 Å². The predicted octanol–water partition coefficient (Wildman–Crippen LogP) is 11.0. The highest BCUT2D eigenvalue weighted by atomic mass is 15.0. The first kappa shape index (κ1) is 24.4. The fraction of sp³-hybridized carbons (Fsp3) is 0. The molecule has 3 aromatic heterocycles. The van der Waals surface area contributed by atoms with Crippen molar-refractivity contribution in [2.45, 2.75) is 0 Å². The van der Waals surface area contributed by atoms with Gasteiger partial charge in [0.1, 0.15) is 0 Å². The maximum Gasteiger partial charge on any atom is 0.0641 e. The lowest BCUT2D eigenvalue weighted by Crippen LogP contribution is -1.99. The molecule has 45 heavy (non-hydrogen) atoms. The standard InChI is InChI=1S/C42H27N3/c1-2-13-28(14-3-1)43-39-24-11-7-20-35(39)41-40(43)26-25-34-33-19-6-10-23-38(33)45(42(34)41)30-16-12-15-29(27-30)44-36-21-8-4-17-31(36)32-18-5-9-22-37(32)44/h1-27H. The summed E-state index contributed by atoms with van der Waals surface area (Å²) in [6.45, 7) is 0. The van der Waals surface area contributed by atoms with Crippen LogP contribution < -0.4 is 0 Å². The van der Waals surface area contributed by atoms with Crippen molar-refractivity contribution in [2.75, 3.05) is 0 Å². The Morgan fingerprint density at radius 3 is 1.36 bits per heavy atom. The summed E-state index contributed by atoms with van der Waals surface area (Å²) in [7, 11) is 0. The van der Waals surface area contributed by atoms with Crippen molar-refractivity contribution in [1.29, 1.82) is 0 Å². The second kappa shape index (κ2) is 9.22. The molecule has 7 aromatic carbocycles. The molecule has 0 N–H and O–H groups in total. The molecule has 210 valence electrons. The Kier molecular flexibility index (Phi) is 5.00. The number of benzene rings is 7. The van der Waals surface area contributed by atoms with Gasteiger partial charge in [0.2, 0.25) is 0 Å². The Morgan fingerprint density at radius 1 is 0.267 bits per heavy atom. The lowest BCUT2D eigenvalue weighted by molar-refractivity contribution is 1.14. The molecule has 3 heterocycles. The number of para-hydroxylation sites is 5. The zero-order chi connectivity index (χ0) is 29.5. The number of rotatable bonds is 3. The average Bonchev–Trinajstić information content (AvgIpc) is 3.74. The average molecular weight is 574 g/mol. The van der Waals surface area contributed by atoms with Crippen LogP contribution in [0.5, 0.6) is 0 Å². The molecule has 10 rings (SSSR count). The molecule has 0 unspecified atom stereocenters. The van der Waals surface area contributed by atoms with Crippen molar-refractivity contribution in [1.82, 2.24) is 13.7 Å². The molecule has 0 fully saturated rings. The minimum Gasteiger partial charge on any atom is -0.309 e. The summed E-state index contributed by atoms with van der Waals surface area (Å²) in [5.41, 5.74) is 10.7. The van der Waals surface area contributed by atoms with Crippen LogP contribution in [0, 0.1) is 0 Å². The molecule has 0 aliphatic heterocycles. The summed E-state index contributed by atoms with van der Waals surface area (Å²) in [6.07, 6.45) is 0. The zero-order valence-electron chi connectivity index (χ0n) is 24.4. The van der Waals surface area contributed by atoms with Crippen molar-refractivity contribution in [3.8, 4) is 17.1 Å². The Bertz CT molecular complexity index is 2700. The van der Waals surface area contributed by atoms with Gasteiger partial charge in [-0.1, -0.05) is 103 Å². The third-order valence-corrected chi connectivity index (χ3v) is 9.41. The Hall–Kier alpha value is -6.06. The van der Waals surface area contributed by atoms with Crippen molar-refractivity contribution in [3.63, 3.8) is 0 Å². The van der Waals surface area contributed by atoms with Crippen LogP contribution in [0.25, 0.3) is 82.5 Å². The van der Waals surface area contributed by atoms with Crippen LogP contribution in [0.3, 0.4) is 0 Å². The second-order valence-corrected chi connectivity index (χ2v) is 11.8. The van der Waals surface area contributed by atoms with E-state index in [1.807, 2.05) is 0 Å². The molecule has 0 saturated heterocycles. The first-order valence-electron chi connectivity index (χ1n) is 15.5. The van der Waals surface area contributed by atoms with Crippen molar-refractivity contribution in [3.05, 3.63) is 164 Å². The number of hydrogen-bond donors (Lipinski definition) is 0. The van der Waals surface area contributed by atoms with Crippen LogP contribution in [-0.4, -0.2) is 13.7 Å². The first-order valence-corrected chi connectivity index (χ1v) is 15.5. The molecule has 3 nitrogen and oxygen atoms in total. The highest BCUT2D eigenvalue weighted by molar-refractivity contribution is 6.26. The van der Waals surface area contributed by atoms with E-state index in [-0.39, 0.29) is 0 Å². The van der Waals surface area contributed by atoms with Gasteiger partial charge in [0.05, 0.1) is 33.1 Å². The summed E-state index contributed by atoms with van der Waals surface area (Å²) in [6, 6.07) is 59.4. The topological polar surface area (TPSA) is 14.8 Å². The Balaban J connectivity index is 1.34. The first-order chi connectivity index (χ1) is 22.4.